The summed E-state index contributed by atoms with van der Waals surface area (Å²) >= 11 is 1.61. The molecule has 2 atom stereocenters. The molecule has 0 amide bonds. The summed E-state index contributed by atoms with van der Waals surface area (Å²) in [6.45, 7) is 1.97. The summed E-state index contributed by atoms with van der Waals surface area (Å²) in [6.07, 6.45) is -0.0305. The first kappa shape index (κ1) is 10.7. The minimum atomic E-state index is -0.466. The molecule has 2 unspecified atom stereocenters. The Hall–Kier alpha value is -1.39. The first-order chi connectivity index (χ1) is 8.24. The number of benzene rings is 1. The van der Waals surface area contributed by atoms with Crippen LogP contribution >= 0.6 is 11.3 Å². The number of aromatic nitrogens is 1. The van der Waals surface area contributed by atoms with Gasteiger partial charge in [-0.25, -0.2) is 4.98 Å². The molecule has 1 aliphatic rings. The molecule has 2 aromatic rings. The van der Waals surface area contributed by atoms with Crippen LogP contribution in [-0.2, 0) is 0 Å². The van der Waals surface area contributed by atoms with Crippen LogP contribution in [0.1, 0.15) is 34.9 Å². The van der Waals surface area contributed by atoms with Crippen LogP contribution in [0.4, 0.5) is 0 Å². The van der Waals surface area contributed by atoms with E-state index in [4.69, 9.17) is 4.74 Å². The molecule has 0 radical (unpaired) electrons. The van der Waals surface area contributed by atoms with Crippen LogP contribution in [-0.4, -0.2) is 10.1 Å². The number of para-hydroxylation sites is 1. The standard InChI is InChI=1S/C13H13NO2S/c1-8-14-10(7-17-8)13-6-11(15)9-4-2-3-5-12(9)16-13/h2-5,7,11,13,15H,6H2,1H3. The average Bonchev–Trinajstić information content (AvgIpc) is 2.76. The van der Waals surface area contributed by atoms with Crippen molar-refractivity contribution < 1.29 is 9.84 Å². The van der Waals surface area contributed by atoms with Crippen LogP contribution in [0.25, 0.3) is 0 Å². The predicted molar refractivity (Wildman–Crippen MR) is 66.2 cm³/mol. The molecular weight excluding hydrogens is 234 g/mol. The van der Waals surface area contributed by atoms with Crippen LogP contribution in [0.2, 0.25) is 0 Å². The van der Waals surface area contributed by atoms with Gasteiger partial charge in [-0.15, -0.1) is 11.3 Å². The molecule has 3 rings (SSSR count). The van der Waals surface area contributed by atoms with Crippen molar-refractivity contribution in [1.82, 2.24) is 4.98 Å². The number of aliphatic hydroxyl groups excluding tert-OH is 1. The third kappa shape index (κ3) is 1.94. The fourth-order valence-electron chi connectivity index (χ4n) is 2.10. The molecule has 1 aromatic heterocycles. The minimum Gasteiger partial charge on any atom is -0.484 e. The van der Waals surface area contributed by atoms with Gasteiger partial charge in [0.05, 0.1) is 16.8 Å². The number of hydrogen-bond donors (Lipinski definition) is 1. The van der Waals surface area contributed by atoms with E-state index in [-0.39, 0.29) is 6.10 Å². The van der Waals surface area contributed by atoms with Crippen molar-refractivity contribution in [2.75, 3.05) is 0 Å². The Kier molecular flexibility index (Phi) is 2.61. The van der Waals surface area contributed by atoms with Gasteiger partial charge in [0.2, 0.25) is 0 Å². The van der Waals surface area contributed by atoms with Crippen molar-refractivity contribution in [1.29, 1.82) is 0 Å². The van der Waals surface area contributed by atoms with E-state index in [1.54, 1.807) is 11.3 Å². The number of fused-ring (bicyclic) bond motifs is 1. The van der Waals surface area contributed by atoms with E-state index < -0.39 is 6.10 Å². The molecule has 17 heavy (non-hydrogen) atoms. The number of ether oxygens (including phenoxy) is 1. The van der Waals surface area contributed by atoms with Crippen molar-refractivity contribution in [3.8, 4) is 5.75 Å². The Bertz CT molecular complexity index is 538. The van der Waals surface area contributed by atoms with E-state index in [0.717, 1.165) is 22.0 Å². The molecule has 0 saturated carbocycles. The Labute approximate surface area is 104 Å². The molecule has 0 saturated heterocycles. The Morgan fingerprint density at radius 1 is 1.41 bits per heavy atom. The number of thiazole rings is 1. The van der Waals surface area contributed by atoms with Crippen molar-refractivity contribution in [3.63, 3.8) is 0 Å². The van der Waals surface area contributed by atoms with Gasteiger partial charge in [-0.3, -0.25) is 0 Å². The lowest BCUT2D eigenvalue weighted by atomic mass is 9.98. The molecule has 3 nitrogen and oxygen atoms in total. The summed E-state index contributed by atoms with van der Waals surface area (Å²) in [7, 11) is 0. The third-order valence-electron chi connectivity index (χ3n) is 2.95. The Morgan fingerprint density at radius 2 is 2.24 bits per heavy atom. The van der Waals surface area contributed by atoms with Gasteiger partial charge in [-0.2, -0.15) is 0 Å². The van der Waals surface area contributed by atoms with Gasteiger partial charge in [0.1, 0.15) is 11.9 Å². The second-order valence-electron chi connectivity index (χ2n) is 4.19. The number of nitrogens with zero attached hydrogens (tertiary/aromatic N) is 1. The summed E-state index contributed by atoms with van der Waals surface area (Å²) in [5.74, 6) is 0.766. The fourth-order valence-corrected chi connectivity index (χ4v) is 2.76. The largest absolute Gasteiger partial charge is 0.484 e. The lowest BCUT2D eigenvalue weighted by Crippen LogP contribution is -2.19. The molecule has 0 fully saturated rings. The average molecular weight is 247 g/mol. The van der Waals surface area contributed by atoms with Gasteiger partial charge in [0.25, 0.3) is 0 Å². The van der Waals surface area contributed by atoms with Crippen LogP contribution < -0.4 is 4.74 Å². The topological polar surface area (TPSA) is 42.4 Å². The van der Waals surface area contributed by atoms with Gasteiger partial charge in [0.15, 0.2) is 0 Å². The first-order valence-corrected chi connectivity index (χ1v) is 6.47. The van der Waals surface area contributed by atoms with Crippen LogP contribution in [0.15, 0.2) is 29.6 Å². The highest BCUT2D eigenvalue weighted by Crippen LogP contribution is 2.40. The fraction of sp³-hybridized carbons (Fsp3) is 0.308. The molecule has 4 heteroatoms. The monoisotopic (exact) mass is 247 g/mol. The van der Waals surface area contributed by atoms with Gasteiger partial charge in [-0.05, 0) is 13.0 Å². The highest BCUT2D eigenvalue weighted by Gasteiger charge is 2.28. The van der Waals surface area contributed by atoms with Crippen molar-refractivity contribution in [3.05, 3.63) is 45.9 Å². The van der Waals surface area contributed by atoms with E-state index in [9.17, 15) is 5.11 Å². The van der Waals surface area contributed by atoms with Gasteiger partial charge in [-0.1, -0.05) is 18.2 Å². The Balaban J connectivity index is 1.93. The van der Waals surface area contributed by atoms with Crippen molar-refractivity contribution >= 4 is 11.3 Å². The second-order valence-corrected chi connectivity index (χ2v) is 5.25. The number of hydrogen-bond acceptors (Lipinski definition) is 4. The van der Waals surface area contributed by atoms with Crippen molar-refractivity contribution in [2.24, 2.45) is 0 Å². The summed E-state index contributed by atoms with van der Waals surface area (Å²) in [5, 5.41) is 13.1. The second kappa shape index (κ2) is 4.13. The molecular formula is C13H13NO2S. The maximum absolute atomic E-state index is 10.1. The smallest absolute Gasteiger partial charge is 0.144 e. The maximum atomic E-state index is 10.1. The molecule has 88 valence electrons. The zero-order valence-electron chi connectivity index (χ0n) is 9.46. The summed E-state index contributed by atoms with van der Waals surface area (Å²) in [4.78, 5) is 4.42. The normalized spacial score (nSPS) is 22.9. The molecule has 1 aromatic carbocycles. The van der Waals surface area contributed by atoms with E-state index in [1.165, 1.54) is 0 Å². The lowest BCUT2D eigenvalue weighted by molar-refractivity contribution is 0.0639. The van der Waals surface area contributed by atoms with Crippen LogP contribution in [0.5, 0.6) is 5.75 Å². The maximum Gasteiger partial charge on any atom is 0.144 e. The highest BCUT2D eigenvalue weighted by molar-refractivity contribution is 7.09. The molecule has 2 heterocycles. The first-order valence-electron chi connectivity index (χ1n) is 5.59. The summed E-state index contributed by atoms with van der Waals surface area (Å²) < 4.78 is 5.89. The van der Waals surface area contributed by atoms with Gasteiger partial charge in [0, 0.05) is 17.4 Å². The zero-order valence-corrected chi connectivity index (χ0v) is 10.3. The lowest BCUT2D eigenvalue weighted by Gasteiger charge is -2.28. The summed E-state index contributed by atoms with van der Waals surface area (Å²) in [6, 6.07) is 7.63. The highest BCUT2D eigenvalue weighted by atomic mass is 32.1. The summed E-state index contributed by atoms with van der Waals surface area (Å²) in [5.41, 5.74) is 1.79. The molecule has 0 spiro atoms. The van der Waals surface area contributed by atoms with E-state index >= 15 is 0 Å². The van der Waals surface area contributed by atoms with Gasteiger partial charge < -0.3 is 9.84 Å². The molecule has 1 N–H and O–H groups in total. The SMILES string of the molecule is Cc1nc(C2CC(O)c3ccccc3O2)cs1. The van der Waals surface area contributed by atoms with Crippen LogP contribution in [0.3, 0.4) is 0 Å². The Morgan fingerprint density at radius 3 is 3.00 bits per heavy atom. The molecule has 0 aliphatic carbocycles. The van der Waals surface area contributed by atoms with E-state index in [0.29, 0.717) is 6.42 Å². The minimum absolute atomic E-state index is 0.134. The zero-order chi connectivity index (χ0) is 11.8. The van der Waals surface area contributed by atoms with Gasteiger partial charge >= 0.3 is 0 Å². The van der Waals surface area contributed by atoms with Crippen LogP contribution in [0, 0.1) is 6.92 Å². The quantitative estimate of drug-likeness (QED) is 0.842. The van der Waals surface area contributed by atoms with Crippen molar-refractivity contribution in [2.45, 2.75) is 25.6 Å². The third-order valence-corrected chi connectivity index (χ3v) is 3.74. The number of rotatable bonds is 1. The molecule has 1 aliphatic heterocycles. The molecule has 0 bridgehead atoms. The number of aryl methyl sites for hydroxylation is 1. The van der Waals surface area contributed by atoms with E-state index in [1.807, 2.05) is 36.6 Å². The predicted octanol–water partition coefficient (Wildman–Crippen LogP) is 3.01. The number of aliphatic hydroxyl groups is 1. The van der Waals surface area contributed by atoms with E-state index in [2.05, 4.69) is 4.98 Å².